The van der Waals surface area contributed by atoms with Gasteiger partial charge in [0.1, 0.15) is 5.75 Å². The molecule has 0 spiro atoms. The molecule has 108 valence electrons. The molecule has 0 saturated carbocycles. The summed E-state index contributed by atoms with van der Waals surface area (Å²) >= 11 is 0. The van der Waals surface area contributed by atoms with E-state index in [0.717, 1.165) is 30.4 Å². The molecule has 1 aromatic rings. The zero-order valence-electron chi connectivity index (χ0n) is 10.4. The average molecular weight is 287 g/mol. The molecule has 0 aliphatic carbocycles. The molecule has 1 rings (SSSR count). The van der Waals surface area contributed by atoms with Gasteiger partial charge in [0.25, 0.3) is 5.69 Å². The van der Waals surface area contributed by atoms with Crippen molar-refractivity contribution in [2.24, 2.45) is 0 Å². The Labute approximate surface area is 112 Å². The second kappa shape index (κ2) is 7.17. The average Bonchev–Trinajstić information content (AvgIpc) is 2.37. The van der Waals surface area contributed by atoms with Gasteiger partial charge in [0.15, 0.2) is 0 Å². The van der Waals surface area contributed by atoms with Crippen LogP contribution in [0.25, 0.3) is 6.08 Å². The van der Waals surface area contributed by atoms with Gasteiger partial charge in [-0.15, -0.1) is 0 Å². The second-order valence-electron chi connectivity index (χ2n) is 3.44. The van der Waals surface area contributed by atoms with E-state index in [2.05, 4.69) is 9.47 Å². The van der Waals surface area contributed by atoms with E-state index in [9.17, 15) is 23.7 Å². The molecular weight excluding hydrogens is 276 g/mol. The Bertz CT molecular complexity index is 531. The predicted molar refractivity (Wildman–Crippen MR) is 65.4 cm³/mol. The van der Waals surface area contributed by atoms with Crippen LogP contribution in [0.1, 0.15) is 12.5 Å². The molecule has 0 aliphatic heterocycles. The maximum atomic E-state index is 12.2. The molecule has 0 fully saturated rings. The highest BCUT2D eigenvalue weighted by Gasteiger charge is 2.13. The standard InChI is InChI=1S/C12H11F2NO5/c1-2-19-11(16)6-3-8-7-9(15(17)18)4-5-10(8)20-12(13)14/h3-7,12H,2H2,1H3. The van der Waals surface area contributed by atoms with E-state index in [1.807, 2.05) is 0 Å². The molecule has 0 radical (unpaired) electrons. The smallest absolute Gasteiger partial charge is 0.387 e. The fraction of sp³-hybridized carbons (Fsp3) is 0.250. The quantitative estimate of drug-likeness (QED) is 0.348. The van der Waals surface area contributed by atoms with Crippen molar-refractivity contribution in [3.8, 4) is 5.75 Å². The number of halogens is 2. The lowest BCUT2D eigenvalue weighted by Gasteiger charge is -2.07. The Kier molecular flexibility index (Phi) is 5.57. The van der Waals surface area contributed by atoms with Gasteiger partial charge in [-0.2, -0.15) is 8.78 Å². The Morgan fingerprint density at radius 2 is 2.20 bits per heavy atom. The van der Waals surface area contributed by atoms with Crippen LogP contribution in [-0.4, -0.2) is 24.1 Å². The summed E-state index contributed by atoms with van der Waals surface area (Å²) in [5, 5.41) is 10.6. The summed E-state index contributed by atoms with van der Waals surface area (Å²) in [5.41, 5.74) is -0.331. The van der Waals surface area contributed by atoms with Crippen LogP contribution < -0.4 is 4.74 Å². The van der Waals surface area contributed by atoms with Gasteiger partial charge in [-0.3, -0.25) is 10.1 Å². The molecule has 0 aromatic heterocycles. The van der Waals surface area contributed by atoms with Crippen molar-refractivity contribution in [3.63, 3.8) is 0 Å². The first kappa shape index (κ1) is 15.5. The van der Waals surface area contributed by atoms with E-state index in [4.69, 9.17) is 0 Å². The number of carbonyl (C=O) groups is 1. The first-order chi connectivity index (χ1) is 9.43. The number of alkyl halides is 2. The zero-order valence-corrected chi connectivity index (χ0v) is 10.4. The Hall–Kier alpha value is -2.51. The van der Waals surface area contributed by atoms with Crippen molar-refractivity contribution in [1.82, 2.24) is 0 Å². The summed E-state index contributed by atoms with van der Waals surface area (Å²) < 4.78 is 33.2. The fourth-order valence-electron chi connectivity index (χ4n) is 1.33. The minimum absolute atomic E-state index is 0.0208. The van der Waals surface area contributed by atoms with Crippen LogP contribution in [0.3, 0.4) is 0 Å². The fourth-order valence-corrected chi connectivity index (χ4v) is 1.33. The number of hydrogen-bond acceptors (Lipinski definition) is 5. The molecular formula is C12H11F2NO5. The maximum absolute atomic E-state index is 12.2. The lowest BCUT2D eigenvalue weighted by atomic mass is 10.1. The van der Waals surface area contributed by atoms with Crippen LogP contribution in [0.5, 0.6) is 5.75 Å². The van der Waals surface area contributed by atoms with Gasteiger partial charge in [0.05, 0.1) is 11.5 Å². The third kappa shape index (κ3) is 4.63. The molecule has 6 nitrogen and oxygen atoms in total. The summed E-state index contributed by atoms with van der Waals surface area (Å²) in [5.74, 6) is -0.965. The summed E-state index contributed by atoms with van der Waals surface area (Å²) in [4.78, 5) is 21.1. The number of nitro groups is 1. The van der Waals surface area contributed by atoms with Crippen LogP contribution in [0.4, 0.5) is 14.5 Å². The van der Waals surface area contributed by atoms with E-state index < -0.39 is 17.5 Å². The molecule has 0 amide bonds. The van der Waals surface area contributed by atoms with Gasteiger partial charge < -0.3 is 9.47 Å². The lowest BCUT2D eigenvalue weighted by Crippen LogP contribution is -2.04. The van der Waals surface area contributed by atoms with E-state index >= 15 is 0 Å². The number of ether oxygens (including phenoxy) is 2. The van der Waals surface area contributed by atoms with Crippen molar-refractivity contribution in [2.75, 3.05) is 6.61 Å². The molecule has 0 N–H and O–H groups in total. The number of esters is 1. The van der Waals surface area contributed by atoms with E-state index in [1.54, 1.807) is 6.92 Å². The number of nitro benzene ring substituents is 1. The van der Waals surface area contributed by atoms with Gasteiger partial charge in [-0.05, 0) is 19.1 Å². The second-order valence-corrected chi connectivity index (χ2v) is 3.44. The monoisotopic (exact) mass is 287 g/mol. The number of benzene rings is 1. The van der Waals surface area contributed by atoms with Gasteiger partial charge in [-0.25, -0.2) is 4.79 Å². The van der Waals surface area contributed by atoms with Crippen molar-refractivity contribution in [2.45, 2.75) is 13.5 Å². The summed E-state index contributed by atoms with van der Waals surface area (Å²) in [7, 11) is 0. The minimum Gasteiger partial charge on any atom is -0.463 e. The molecule has 8 heteroatoms. The molecule has 0 atom stereocenters. The van der Waals surface area contributed by atoms with Crippen LogP contribution in [-0.2, 0) is 9.53 Å². The van der Waals surface area contributed by atoms with Crippen LogP contribution in [0, 0.1) is 10.1 Å². The maximum Gasteiger partial charge on any atom is 0.387 e. The molecule has 20 heavy (non-hydrogen) atoms. The summed E-state index contributed by atoms with van der Waals surface area (Å²) in [6.07, 6.45) is 2.09. The summed E-state index contributed by atoms with van der Waals surface area (Å²) in [6, 6.07) is 3.09. The Morgan fingerprint density at radius 3 is 2.75 bits per heavy atom. The zero-order chi connectivity index (χ0) is 15.1. The summed E-state index contributed by atoms with van der Waals surface area (Å²) in [6.45, 7) is -1.32. The Morgan fingerprint density at radius 1 is 1.50 bits per heavy atom. The third-order valence-electron chi connectivity index (χ3n) is 2.11. The van der Waals surface area contributed by atoms with Gasteiger partial charge in [0.2, 0.25) is 0 Å². The molecule has 0 saturated heterocycles. The van der Waals surface area contributed by atoms with Crippen LogP contribution in [0.15, 0.2) is 24.3 Å². The number of rotatable bonds is 6. The van der Waals surface area contributed by atoms with Crippen LogP contribution >= 0.6 is 0 Å². The largest absolute Gasteiger partial charge is 0.463 e. The van der Waals surface area contributed by atoms with Crippen molar-refractivity contribution >= 4 is 17.7 Å². The van der Waals surface area contributed by atoms with Gasteiger partial charge >= 0.3 is 12.6 Å². The number of carbonyl (C=O) groups excluding carboxylic acids is 1. The highest BCUT2D eigenvalue weighted by molar-refractivity contribution is 5.87. The first-order valence-electron chi connectivity index (χ1n) is 5.52. The Balaban J connectivity index is 3.07. The minimum atomic E-state index is -3.08. The van der Waals surface area contributed by atoms with Gasteiger partial charge in [0, 0.05) is 23.8 Å². The number of non-ortho nitro benzene ring substituents is 1. The number of nitrogens with zero attached hydrogens (tertiary/aromatic N) is 1. The molecule has 0 unspecified atom stereocenters. The third-order valence-corrected chi connectivity index (χ3v) is 2.11. The molecule has 0 bridgehead atoms. The van der Waals surface area contributed by atoms with Crippen molar-refractivity contribution in [3.05, 3.63) is 40.0 Å². The highest BCUT2D eigenvalue weighted by atomic mass is 19.3. The van der Waals surface area contributed by atoms with Crippen LogP contribution in [0.2, 0.25) is 0 Å². The normalized spacial score (nSPS) is 10.8. The van der Waals surface area contributed by atoms with E-state index in [-0.39, 0.29) is 23.6 Å². The molecule has 0 aliphatic rings. The SMILES string of the molecule is CCOC(=O)C=Cc1cc([N+](=O)[O-])ccc1OC(F)F. The highest BCUT2D eigenvalue weighted by Crippen LogP contribution is 2.26. The predicted octanol–water partition coefficient (Wildman–Crippen LogP) is 2.77. The van der Waals surface area contributed by atoms with E-state index in [1.165, 1.54) is 0 Å². The first-order valence-corrected chi connectivity index (χ1v) is 5.52. The number of hydrogen-bond donors (Lipinski definition) is 0. The lowest BCUT2D eigenvalue weighted by molar-refractivity contribution is -0.384. The molecule has 0 heterocycles. The topological polar surface area (TPSA) is 78.7 Å². The van der Waals surface area contributed by atoms with Gasteiger partial charge in [-0.1, -0.05) is 0 Å². The van der Waals surface area contributed by atoms with E-state index in [0.29, 0.717) is 0 Å². The van der Waals surface area contributed by atoms with Crippen molar-refractivity contribution in [1.29, 1.82) is 0 Å². The molecule has 1 aromatic carbocycles. The van der Waals surface area contributed by atoms with Crippen molar-refractivity contribution < 1.29 is 28.0 Å².